The first-order valence-corrected chi connectivity index (χ1v) is 7.38. The molecule has 1 saturated carbocycles. The Morgan fingerprint density at radius 2 is 1.95 bits per heavy atom. The monoisotopic (exact) mass is 307 g/mol. The van der Waals surface area contributed by atoms with E-state index in [4.69, 9.17) is 14.2 Å². The van der Waals surface area contributed by atoms with Crippen molar-refractivity contribution in [3.8, 4) is 5.75 Å². The summed E-state index contributed by atoms with van der Waals surface area (Å²) in [5, 5.41) is 11.2. The molecule has 22 heavy (non-hydrogen) atoms. The van der Waals surface area contributed by atoms with E-state index in [1.165, 1.54) is 12.1 Å². The summed E-state index contributed by atoms with van der Waals surface area (Å²) in [4.78, 5) is 22.5. The molecule has 1 aromatic rings. The first kappa shape index (κ1) is 14.9. The van der Waals surface area contributed by atoms with Crippen molar-refractivity contribution >= 4 is 11.7 Å². The minimum atomic E-state index is -0.608. The molecule has 0 aromatic heterocycles. The van der Waals surface area contributed by atoms with Gasteiger partial charge in [-0.3, -0.25) is 14.9 Å². The molecule has 0 bridgehead atoms. The molecule has 1 aliphatic heterocycles. The third-order valence-electron chi connectivity index (χ3n) is 3.93. The van der Waals surface area contributed by atoms with Gasteiger partial charge in [0, 0.05) is 11.6 Å². The van der Waals surface area contributed by atoms with Crippen LogP contribution in [0, 0.1) is 16.0 Å². The number of nitro groups is 1. The molecular weight excluding hydrogens is 290 g/mol. The predicted molar refractivity (Wildman–Crippen MR) is 75.3 cm³/mol. The van der Waals surface area contributed by atoms with Crippen LogP contribution >= 0.6 is 0 Å². The molecule has 1 saturated heterocycles. The standard InChI is InChI=1S/C15H17NO6/c17-14(10-3-1-4-10)22-13-6-5-11(9-12(13)16(18)19)15-20-7-2-8-21-15/h5-6,9-10,15H,1-4,7-8H2. The summed E-state index contributed by atoms with van der Waals surface area (Å²) >= 11 is 0. The van der Waals surface area contributed by atoms with Crippen molar-refractivity contribution in [1.29, 1.82) is 0 Å². The van der Waals surface area contributed by atoms with Crippen LogP contribution in [-0.2, 0) is 14.3 Å². The second-order valence-corrected chi connectivity index (χ2v) is 5.46. The number of hydrogen-bond donors (Lipinski definition) is 0. The number of nitro benzene ring substituents is 1. The average Bonchev–Trinajstić information content (AvgIpc) is 2.46. The molecule has 1 aliphatic carbocycles. The van der Waals surface area contributed by atoms with Crippen LogP contribution in [0.15, 0.2) is 18.2 Å². The van der Waals surface area contributed by atoms with E-state index in [1.54, 1.807) is 6.07 Å². The number of nitrogens with zero attached hydrogens (tertiary/aromatic N) is 1. The summed E-state index contributed by atoms with van der Waals surface area (Å²) < 4.78 is 16.1. The Hall–Kier alpha value is -1.99. The molecule has 7 nitrogen and oxygen atoms in total. The van der Waals surface area contributed by atoms with Crippen molar-refractivity contribution in [2.75, 3.05) is 13.2 Å². The molecular formula is C15H17NO6. The highest BCUT2D eigenvalue weighted by Gasteiger charge is 2.30. The molecule has 0 N–H and O–H groups in total. The van der Waals surface area contributed by atoms with Crippen LogP contribution in [0.2, 0.25) is 0 Å². The van der Waals surface area contributed by atoms with Crippen LogP contribution in [0.25, 0.3) is 0 Å². The lowest BCUT2D eigenvalue weighted by Gasteiger charge is -2.24. The summed E-state index contributed by atoms with van der Waals surface area (Å²) in [5.41, 5.74) is 0.304. The summed E-state index contributed by atoms with van der Waals surface area (Å²) in [6.45, 7) is 1.10. The van der Waals surface area contributed by atoms with E-state index < -0.39 is 17.2 Å². The molecule has 0 atom stereocenters. The largest absolute Gasteiger partial charge is 0.419 e. The second-order valence-electron chi connectivity index (χ2n) is 5.46. The Balaban J connectivity index is 1.80. The fourth-order valence-corrected chi connectivity index (χ4v) is 2.43. The van der Waals surface area contributed by atoms with E-state index in [-0.39, 0.29) is 17.4 Å². The topological polar surface area (TPSA) is 87.9 Å². The van der Waals surface area contributed by atoms with E-state index in [9.17, 15) is 14.9 Å². The lowest BCUT2D eigenvalue weighted by atomic mass is 9.86. The third-order valence-corrected chi connectivity index (χ3v) is 3.93. The molecule has 0 unspecified atom stereocenters. The number of ether oxygens (including phenoxy) is 3. The molecule has 1 heterocycles. The molecule has 3 rings (SSSR count). The Morgan fingerprint density at radius 3 is 2.55 bits per heavy atom. The molecule has 118 valence electrons. The molecule has 2 aliphatic rings. The predicted octanol–water partition coefficient (Wildman–Crippen LogP) is 2.74. The Kier molecular flexibility index (Phi) is 4.35. The van der Waals surface area contributed by atoms with Gasteiger partial charge in [0.15, 0.2) is 6.29 Å². The lowest BCUT2D eigenvalue weighted by Crippen LogP contribution is -2.26. The number of rotatable bonds is 4. The van der Waals surface area contributed by atoms with Gasteiger partial charge in [0.2, 0.25) is 5.75 Å². The molecule has 0 amide bonds. The van der Waals surface area contributed by atoms with Crippen LogP contribution in [0.1, 0.15) is 37.5 Å². The van der Waals surface area contributed by atoms with Gasteiger partial charge in [0.1, 0.15) is 0 Å². The SMILES string of the molecule is O=C(Oc1ccc(C2OCCCO2)cc1[N+](=O)[O-])C1CCC1. The van der Waals surface area contributed by atoms with E-state index >= 15 is 0 Å². The molecule has 2 fully saturated rings. The van der Waals surface area contributed by atoms with Gasteiger partial charge in [0.05, 0.1) is 24.1 Å². The van der Waals surface area contributed by atoms with Gasteiger partial charge in [0.25, 0.3) is 0 Å². The maximum absolute atomic E-state index is 11.9. The van der Waals surface area contributed by atoms with Gasteiger partial charge < -0.3 is 14.2 Å². The number of carbonyl (C=O) groups is 1. The first-order valence-electron chi connectivity index (χ1n) is 7.38. The van der Waals surface area contributed by atoms with Gasteiger partial charge >= 0.3 is 11.7 Å². The number of esters is 1. The van der Waals surface area contributed by atoms with Crippen molar-refractivity contribution in [2.45, 2.75) is 32.0 Å². The number of carbonyl (C=O) groups excluding carboxylic acids is 1. The smallest absolute Gasteiger partial charge is 0.314 e. The van der Waals surface area contributed by atoms with Crippen molar-refractivity contribution in [1.82, 2.24) is 0 Å². The highest BCUT2D eigenvalue weighted by molar-refractivity contribution is 5.77. The van der Waals surface area contributed by atoms with Gasteiger partial charge in [-0.15, -0.1) is 0 Å². The fourth-order valence-electron chi connectivity index (χ4n) is 2.43. The fraction of sp³-hybridized carbons (Fsp3) is 0.533. The maximum atomic E-state index is 11.9. The van der Waals surface area contributed by atoms with Gasteiger partial charge in [-0.25, -0.2) is 0 Å². The Morgan fingerprint density at radius 1 is 1.23 bits per heavy atom. The minimum Gasteiger partial charge on any atom is -0.419 e. The quantitative estimate of drug-likeness (QED) is 0.368. The van der Waals surface area contributed by atoms with Crippen molar-refractivity contribution in [3.05, 3.63) is 33.9 Å². The Bertz CT molecular complexity index is 577. The molecule has 1 aromatic carbocycles. The molecule has 7 heteroatoms. The van der Waals surface area contributed by atoms with Gasteiger partial charge in [-0.2, -0.15) is 0 Å². The van der Waals surface area contributed by atoms with Crippen LogP contribution < -0.4 is 4.74 Å². The summed E-state index contributed by atoms with van der Waals surface area (Å²) in [5.74, 6) is -0.557. The summed E-state index contributed by atoms with van der Waals surface area (Å²) in [7, 11) is 0. The van der Waals surface area contributed by atoms with Crippen molar-refractivity contribution in [2.24, 2.45) is 5.92 Å². The summed E-state index contributed by atoms with van der Waals surface area (Å²) in [6, 6.07) is 4.41. The van der Waals surface area contributed by atoms with E-state index in [2.05, 4.69) is 0 Å². The van der Waals surface area contributed by atoms with Gasteiger partial charge in [-0.05, 0) is 31.4 Å². The van der Waals surface area contributed by atoms with Gasteiger partial charge in [-0.1, -0.05) is 6.42 Å². The van der Waals surface area contributed by atoms with Crippen molar-refractivity contribution < 1.29 is 23.9 Å². The van der Waals surface area contributed by atoms with Crippen LogP contribution in [0.5, 0.6) is 5.75 Å². The second kappa shape index (κ2) is 6.41. The third kappa shape index (κ3) is 3.10. The highest BCUT2D eigenvalue weighted by Crippen LogP contribution is 2.35. The number of benzene rings is 1. The lowest BCUT2D eigenvalue weighted by molar-refractivity contribution is -0.385. The normalized spacial score (nSPS) is 19.5. The maximum Gasteiger partial charge on any atom is 0.314 e. The zero-order valence-corrected chi connectivity index (χ0v) is 12.0. The number of hydrogen-bond acceptors (Lipinski definition) is 6. The highest BCUT2D eigenvalue weighted by atomic mass is 16.7. The zero-order valence-electron chi connectivity index (χ0n) is 12.0. The van der Waals surface area contributed by atoms with E-state index in [1.807, 2.05) is 0 Å². The van der Waals surface area contributed by atoms with Crippen molar-refractivity contribution in [3.63, 3.8) is 0 Å². The zero-order chi connectivity index (χ0) is 15.5. The minimum absolute atomic E-state index is 0.0264. The van der Waals surface area contributed by atoms with Crippen LogP contribution in [0.4, 0.5) is 5.69 Å². The average molecular weight is 307 g/mol. The van der Waals surface area contributed by atoms with Crippen LogP contribution in [0.3, 0.4) is 0 Å². The molecule has 0 radical (unpaired) electrons. The first-order chi connectivity index (χ1) is 10.6. The van der Waals surface area contributed by atoms with Crippen LogP contribution in [-0.4, -0.2) is 24.1 Å². The molecule has 0 spiro atoms. The summed E-state index contributed by atoms with van der Waals surface area (Å²) in [6.07, 6.45) is 2.76. The Labute approximate surface area is 127 Å². The van der Waals surface area contributed by atoms with E-state index in [0.29, 0.717) is 18.8 Å². The van der Waals surface area contributed by atoms with E-state index in [0.717, 1.165) is 25.7 Å².